The van der Waals surface area contributed by atoms with E-state index in [2.05, 4.69) is 4.72 Å². The minimum atomic E-state index is -3.75. The van der Waals surface area contributed by atoms with Crippen molar-refractivity contribution < 1.29 is 22.7 Å². The Bertz CT molecular complexity index is 857. The van der Waals surface area contributed by atoms with Gasteiger partial charge in [-0.25, -0.2) is 17.9 Å². The second-order valence-corrected chi connectivity index (χ2v) is 7.12. The van der Waals surface area contributed by atoms with Crippen LogP contribution in [0.25, 0.3) is 0 Å². The van der Waals surface area contributed by atoms with Gasteiger partial charge in [-0.3, -0.25) is 0 Å². The SMILES string of the molecule is CN1CCc2ccc(S(=O)(=O)NCc3occc3C(=O)O)cc21. The van der Waals surface area contributed by atoms with Crippen molar-refractivity contribution in [3.05, 3.63) is 47.4 Å². The van der Waals surface area contributed by atoms with Gasteiger partial charge in [0.25, 0.3) is 0 Å². The molecular weight excluding hydrogens is 320 g/mol. The molecule has 0 atom stereocenters. The molecule has 1 aromatic heterocycles. The molecule has 1 aromatic carbocycles. The van der Waals surface area contributed by atoms with Gasteiger partial charge >= 0.3 is 5.97 Å². The molecule has 2 aromatic rings. The summed E-state index contributed by atoms with van der Waals surface area (Å²) in [5.41, 5.74) is 1.96. The maximum atomic E-state index is 12.4. The molecule has 0 amide bonds. The number of fused-ring (bicyclic) bond motifs is 1. The first-order chi connectivity index (χ1) is 10.9. The van der Waals surface area contributed by atoms with E-state index in [1.54, 1.807) is 12.1 Å². The zero-order valence-electron chi connectivity index (χ0n) is 12.4. The van der Waals surface area contributed by atoms with Crippen LogP contribution in [0.5, 0.6) is 0 Å². The van der Waals surface area contributed by atoms with Crippen LogP contribution >= 0.6 is 0 Å². The molecule has 0 unspecified atom stereocenters. The number of rotatable bonds is 5. The third-order valence-electron chi connectivity index (χ3n) is 3.89. The monoisotopic (exact) mass is 336 g/mol. The average Bonchev–Trinajstić information content (AvgIpc) is 3.12. The number of likely N-dealkylation sites (N-methyl/N-ethyl adjacent to an activating group) is 1. The van der Waals surface area contributed by atoms with Gasteiger partial charge in [0.1, 0.15) is 11.3 Å². The van der Waals surface area contributed by atoms with Gasteiger partial charge in [-0.1, -0.05) is 6.07 Å². The zero-order chi connectivity index (χ0) is 16.6. The van der Waals surface area contributed by atoms with E-state index >= 15 is 0 Å². The Morgan fingerprint density at radius 3 is 2.91 bits per heavy atom. The fraction of sp³-hybridized carbons (Fsp3) is 0.267. The standard InChI is InChI=1S/C15H16N2O5S/c1-17-6-4-10-2-3-11(8-13(10)17)23(20,21)16-9-14-12(15(18)19)5-7-22-14/h2-3,5,7-8,16H,4,6,9H2,1H3,(H,18,19). The molecule has 0 fully saturated rings. The minimum Gasteiger partial charge on any atom is -0.478 e. The van der Waals surface area contributed by atoms with Crippen molar-refractivity contribution in [1.29, 1.82) is 0 Å². The summed E-state index contributed by atoms with van der Waals surface area (Å²) < 4.78 is 32.2. The maximum absolute atomic E-state index is 12.4. The molecular formula is C15H16N2O5S. The van der Waals surface area contributed by atoms with Crippen LogP contribution in [-0.2, 0) is 23.0 Å². The number of anilines is 1. The first kappa shape index (κ1) is 15.6. The molecule has 2 heterocycles. The Morgan fingerprint density at radius 1 is 1.39 bits per heavy atom. The number of benzene rings is 1. The Labute approximate surface area is 133 Å². The molecule has 8 heteroatoms. The second-order valence-electron chi connectivity index (χ2n) is 5.35. The van der Waals surface area contributed by atoms with Crippen LogP contribution in [0.2, 0.25) is 0 Å². The predicted molar refractivity (Wildman–Crippen MR) is 83.1 cm³/mol. The lowest BCUT2D eigenvalue weighted by Crippen LogP contribution is -2.24. The lowest BCUT2D eigenvalue weighted by molar-refractivity contribution is 0.0694. The van der Waals surface area contributed by atoms with E-state index < -0.39 is 16.0 Å². The lowest BCUT2D eigenvalue weighted by atomic mass is 10.2. The van der Waals surface area contributed by atoms with Gasteiger partial charge in [-0.05, 0) is 30.2 Å². The Kier molecular flexibility index (Phi) is 3.87. The number of aromatic carboxylic acids is 1. The highest BCUT2D eigenvalue weighted by molar-refractivity contribution is 7.89. The average molecular weight is 336 g/mol. The van der Waals surface area contributed by atoms with E-state index in [-0.39, 0.29) is 22.8 Å². The number of sulfonamides is 1. The van der Waals surface area contributed by atoms with E-state index in [1.165, 1.54) is 12.3 Å². The normalized spacial score (nSPS) is 14.0. The second kappa shape index (κ2) is 5.71. The molecule has 3 rings (SSSR count). The summed E-state index contributed by atoms with van der Waals surface area (Å²) in [6, 6.07) is 6.28. The van der Waals surface area contributed by atoms with Gasteiger partial charge in [0.05, 0.1) is 17.7 Å². The van der Waals surface area contributed by atoms with Crippen LogP contribution in [0.15, 0.2) is 39.8 Å². The maximum Gasteiger partial charge on any atom is 0.339 e. The number of carboxylic acid groups (broad SMARTS) is 1. The van der Waals surface area contributed by atoms with Crippen LogP contribution in [0, 0.1) is 0 Å². The molecule has 23 heavy (non-hydrogen) atoms. The molecule has 1 aliphatic heterocycles. The summed E-state index contributed by atoms with van der Waals surface area (Å²) in [7, 11) is -1.84. The van der Waals surface area contributed by atoms with Crippen molar-refractivity contribution in [2.24, 2.45) is 0 Å². The smallest absolute Gasteiger partial charge is 0.339 e. The fourth-order valence-corrected chi connectivity index (χ4v) is 3.60. The molecule has 0 bridgehead atoms. The van der Waals surface area contributed by atoms with Crippen molar-refractivity contribution in [2.75, 3.05) is 18.5 Å². The van der Waals surface area contributed by atoms with Crippen molar-refractivity contribution in [3.63, 3.8) is 0 Å². The Balaban J connectivity index is 1.81. The number of nitrogens with zero attached hydrogens (tertiary/aromatic N) is 1. The van der Waals surface area contributed by atoms with Crippen molar-refractivity contribution in [1.82, 2.24) is 4.72 Å². The molecule has 0 spiro atoms. The van der Waals surface area contributed by atoms with Crippen LogP contribution in [-0.4, -0.2) is 33.1 Å². The molecule has 7 nitrogen and oxygen atoms in total. The van der Waals surface area contributed by atoms with Crippen LogP contribution in [0.3, 0.4) is 0 Å². The predicted octanol–water partition coefficient (Wildman–Crippen LogP) is 1.45. The van der Waals surface area contributed by atoms with Crippen LogP contribution in [0.1, 0.15) is 21.7 Å². The first-order valence-corrected chi connectivity index (χ1v) is 8.50. The zero-order valence-corrected chi connectivity index (χ0v) is 13.3. The number of nitrogens with one attached hydrogen (secondary N) is 1. The molecule has 1 aliphatic rings. The summed E-state index contributed by atoms with van der Waals surface area (Å²) in [6.07, 6.45) is 2.12. The topological polar surface area (TPSA) is 99.9 Å². The van der Waals surface area contributed by atoms with E-state index in [1.807, 2.05) is 18.0 Å². The highest BCUT2D eigenvalue weighted by Crippen LogP contribution is 2.29. The molecule has 122 valence electrons. The van der Waals surface area contributed by atoms with Gasteiger partial charge < -0.3 is 14.4 Å². The highest BCUT2D eigenvalue weighted by atomic mass is 32.2. The van der Waals surface area contributed by atoms with E-state index in [9.17, 15) is 13.2 Å². The largest absolute Gasteiger partial charge is 0.478 e. The van der Waals surface area contributed by atoms with Crippen LogP contribution in [0.4, 0.5) is 5.69 Å². The van der Waals surface area contributed by atoms with Crippen LogP contribution < -0.4 is 9.62 Å². The summed E-state index contributed by atoms with van der Waals surface area (Å²) in [5.74, 6) is -1.09. The molecule has 0 aliphatic carbocycles. The van der Waals surface area contributed by atoms with Gasteiger partial charge in [-0.15, -0.1) is 0 Å². The van der Waals surface area contributed by atoms with Crippen molar-refractivity contribution in [3.8, 4) is 0 Å². The van der Waals surface area contributed by atoms with E-state index in [4.69, 9.17) is 9.52 Å². The van der Waals surface area contributed by atoms with Gasteiger partial charge in [0, 0.05) is 19.3 Å². The molecule has 0 saturated carbocycles. The fourth-order valence-electron chi connectivity index (χ4n) is 2.60. The highest BCUT2D eigenvalue weighted by Gasteiger charge is 2.22. The lowest BCUT2D eigenvalue weighted by Gasteiger charge is -2.13. The number of carboxylic acids is 1. The van der Waals surface area contributed by atoms with Gasteiger partial charge in [0.15, 0.2) is 0 Å². The summed E-state index contributed by atoms with van der Waals surface area (Å²) in [6.45, 7) is 0.643. The first-order valence-electron chi connectivity index (χ1n) is 7.02. The quantitative estimate of drug-likeness (QED) is 0.857. The third kappa shape index (κ3) is 2.95. The van der Waals surface area contributed by atoms with E-state index in [0.717, 1.165) is 24.2 Å². The molecule has 0 radical (unpaired) electrons. The summed E-state index contributed by atoms with van der Waals surface area (Å²) in [4.78, 5) is 13.1. The Morgan fingerprint density at radius 2 is 2.17 bits per heavy atom. The van der Waals surface area contributed by atoms with Gasteiger partial charge in [-0.2, -0.15) is 0 Å². The van der Waals surface area contributed by atoms with Crippen molar-refractivity contribution >= 4 is 21.7 Å². The number of hydrogen-bond donors (Lipinski definition) is 2. The number of furan rings is 1. The number of hydrogen-bond acceptors (Lipinski definition) is 5. The van der Waals surface area contributed by atoms with Crippen molar-refractivity contribution in [2.45, 2.75) is 17.9 Å². The summed E-state index contributed by atoms with van der Waals surface area (Å²) >= 11 is 0. The van der Waals surface area contributed by atoms with E-state index in [0.29, 0.717) is 0 Å². The minimum absolute atomic E-state index is 0.0543. The summed E-state index contributed by atoms with van der Waals surface area (Å²) in [5, 5.41) is 8.99. The van der Waals surface area contributed by atoms with Gasteiger partial charge in [0.2, 0.25) is 10.0 Å². The molecule has 2 N–H and O–H groups in total. The Hall–Kier alpha value is -2.32. The number of carbonyl (C=O) groups is 1. The third-order valence-corrected chi connectivity index (χ3v) is 5.29. The molecule has 0 saturated heterocycles.